The third-order valence-corrected chi connectivity index (χ3v) is 7.63. The van der Waals surface area contributed by atoms with Crippen molar-refractivity contribution in [3.63, 3.8) is 0 Å². The van der Waals surface area contributed by atoms with E-state index < -0.39 is 9.84 Å². The zero-order valence-corrected chi connectivity index (χ0v) is 20.3. The molecule has 0 saturated carbocycles. The Kier molecular flexibility index (Phi) is 7.87. The number of hydrogen-bond donors (Lipinski definition) is 0. The van der Waals surface area contributed by atoms with Gasteiger partial charge < -0.3 is 9.47 Å². The molecule has 0 aliphatic rings. The maximum Gasteiger partial charge on any atom is 0.195 e. The zero-order chi connectivity index (χ0) is 23.8. The fourth-order valence-corrected chi connectivity index (χ4v) is 5.44. The van der Waals surface area contributed by atoms with E-state index in [9.17, 15) is 8.42 Å². The van der Waals surface area contributed by atoms with Gasteiger partial charge in [0.1, 0.15) is 17.3 Å². The number of thioether (sulfide) groups is 1. The number of ether oxygens (including phenoxy) is 2. The van der Waals surface area contributed by atoms with Gasteiger partial charge in [0.05, 0.1) is 18.6 Å². The molecule has 0 aliphatic carbocycles. The van der Waals surface area contributed by atoms with E-state index in [-0.39, 0.29) is 10.6 Å². The second-order valence-corrected chi connectivity index (χ2v) is 10.4. The monoisotopic (exact) mass is 495 g/mol. The number of para-hydroxylation sites is 1. The summed E-state index contributed by atoms with van der Waals surface area (Å²) in [6.45, 7) is 0.550. The average Bonchev–Trinajstić information content (AvgIpc) is 3.26. The summed E-state index contributed by atoms with van der Waals surface area (Å²) in [5, 5.41) is 9.19. The predicted octanol–water partition coefficient (Wildman–Crippen LogP) is 4.81. The van der Waals surface area contributed by atoms with Gasteiger partial charge in [-0.15, -0.1) is 10.2 Å². The Morgan fingerprint density at radius 1 is 0.853 bits per heavy atom. The molecule has 9 heteroatoms. The number of methoxy groups -OCH3 is 1. The lowest BCUT2D eigenvalue weighted by molar-refractivity contribution is 0.318. The van der Waals surface area contributed by atoms with Crippen molar-refractivity contribution in [3.8, 4) is 17.2 Å². The molecule has 0 aliphatic heterocycles. The smallest absolute Gasteiger partial charge is 0.195 e. The zero-order valence-electron chi connectivity index (χ0n) is 18.7. The first-order valence-electron chi connectivity index (χ1n) is 10.7. The number of aromatic nitrogens is 3. The normalized spacial score (nSPS) is 11.3. The molecule has 0 amide bonds. The van der Waals surface area contributed by atoms with Crippen LogP contribution in [0.25, 0.3) is 5.69 Å². The summed E-state index contributed by atoms with van der Waals surface area (Å²) in [4.78, 5) is 0.266. The number of nitrogens with zero attached hydrogens (tertiary/aromatic N) is 3. The van der Waals surface area contributed by atoms with Gasteiger partial charge in [-0.3, -0.25) is 4.57 Å². The van der Waals surface area contributed by atoms with Crippen LogP contribution in [-0.2, 0) is 15.6 Å². The molecular weight excluding hydrogens is 470 g/mol. The highest BCUT2D eigenvalue weighted by molar-refractivity contribution is 7.99. The molecule has 0 atom stereocenters. The van der Waals surface area contributed by atoms with Crippen LogP contribution in [0.2, 0.25) is 0 Å². The van der Waals surface area contributed by atoms with Crippen LogP contribution in [0.15, 0.2) is 95.0 Å². The van der Waals surface area contributed by atoms with E-state index in [1.54, 1.807) is 37.4 Å². The van der Waals surface area contributed by atoms with Crippen LogP contribution in [0.1, 0.15) is 12.2 Å². The van der Waals surface area contributed by atoms with E-state index in [4.69, 9.17) is 9.47 Å². The van der Waals surface area contributed by atoms with Gasteiger partial charge in [0, 0.05) is 11.4 Å². The molecule has 0 fully saturated rings. The summed E-state index contributed by atoms with van der Waals surface area (Å²) in [7, 11) is -1.93. The molecule has 176 valence electrons. The molecule has 0 N–H and O–H groups in total. The summed E-state index contributed by atoms with van der Waals surface area (Å²) in [5.74, 6) is 2.46. The minimum atomic E-state index is -3.56. The second kappa shape index (κ2) is 11.2. The Morgan fingerprint density at radius 3 is 2.18 bits per heavy atom. The van der Waals surface area contributed by atoms with Crippen molar-refractivity contribution < 1.29 is 17.9 Å². The molecule has 3 aromatic carbocycles. The largest absolute Gasteiger partial charge is 0.497 e. The van der Waals surface area contributed by atoms with Crippen molar-refractivity contribution in [3.05, 3.63) is 90.8 Å². The minimum Gasteiger partial charge on any atom is -0.497 e. The highest BCUT2D eigenvalue weighted by atomic mass is 32.2. The fourth-order valence-electron chi connectivity index (χ4n) is 3.29. The first-order valence-corrected chi connectivity index (χ1v) is 13.4. The van der Waals surface area contributed by atoms with Gasteiger partial charge in [0.2, 0.25) is 0 Å². The van der Waals surface area contributed by atoms with Crippen LogP contribution in [-0.4, -0.2) is 42.7 Å². The topological polar surface area (TPSA) is 83.3 Å². The summed E-state index contributed by atoms with van der Waals surface area (Å²) in [5.41, 5.74) is 0.822. The van der Waals surface area contributed by atoms with Crippen molar-refractivity contribution in [1.29, 1.82) is 0 Å². The van der Waals surface area contributed by atoms with Gasteiger partial charge in [-0.2, -0.15) is 0 Å². The van der Waals surface area contributed by atoms with Crippen LogP contribution >= 0.6 is 11.8 Å². The average molecular weight is 496 g/mol. The standard InChI is InChI=1S/C25H25N3O4S2/c1-31-21-13-15-22(16-14-21)32-17-8-18-33-25-27-26-24(28(25)20-9-4-2-5-10-20)19-34(29,30)23-11-6-3-7-12-23/h2-7,9-16H,8,17-19H2,1H3. The van der Waals surface area contributed by atoms with Gasteiger partial charge in [-0.1, -0.05) is 48.2 Å². The maximum absolute atomic E-state index is 13.0. The SMILES string of the molecule is COc1ccc(OCCCSc2nnc(CS(=O)(=O)c3ccccc3)n2-c2ccccc2)cc1. The van der Waals surface area contributed by atoms with Crippen molar-refractivity contribution in [2.24, 2.45) is 0 Å². The molecule has 1 heterocycles. The van der Waals surface area contributed by atoms with Gasteiger partial charge in [-0.05, 0) is 55.0 Å². The lowest BCUT2D eigenvalue weighted by Gasteiger charge is -2.11. The first kappa shape index (κ1) is 23.8. The van der Waals surface area contributed by atoms with Crippen LogP contribution < -0.4 is 9.47 Å². The fraction of sp³-hybridized carbons (Fsp3) is 0.200. The number of rotatable bonds is 11. The first-order chi connectivity index (χ1) is 16.6. The Hall–Kier alpha value is -3.30. The van der Waals surface area contributed by atoms with Crippen LogP contribution in [0, 0.1) is 0 Å². The van der Waals surface area contributed by atoms with Crippen LogP contribution in [0.5, 0.6) is 11.5 Å². The van der Waals surface area contributed by atoms with Crippen molar-refractivity contribution in [1.82, 2.24) is 14.8 Å². The molecular formula is C25H25N3O4S2. The molecule has 4 rings (SSSR count). The summed E-state index contributed by atoms with van der Waals surface area (Å²) in [6, 6.07) is 25.4. The van der Waals surface area contributed by atoms with Gasteiger partial charge in [-0.25, -0.2) is 8.42 Å². The Bertz CT molecular complexity index is 1290. The van der Waals surface area contributed by atoms with Crippen molar-refractivity contribution in [2.75, 3.05) is 19.5 Å². The summed E-state index contributed by atoms with van der Waals surface area (Å²) >= 11 is 1.52. The van der Waals surface area contributed by atoms with Crippen molar-refractivity contribution in [2.45, 2.75) is 22.2 Å². The van der Waals surface area contributed by atoms with E-state index in [0.29, 0.717) is 17.6 Å². The number of benzene rings is 3. The quantitative estimate of drug-likeness (QED) is 0.218. The van der Waals surface area contributed by atoms with E-state index in [0.717, 1.165) is 29.4 Å². The molecule has 0 spiro atoms. The van der Waals surface area contributed by atoms with Gasteiger partial charge >= 0.3 is 0 Å². The second-order valence-electron chi connectivity index (χ2n) is 7.37. The molecule has 4 aromatic rings. The van der Waals surface area contributed by atoms with E-state index >= 15 is 0 Å². The lowest BCUT2D eigenvalue weighted by atomic mass is 10.3. The molecule has 0 unspecified atom stereocenters. The van der Waals surface area contributed by atoms with E-state index in [2.05, 4.69) is 10.2 Å². The highest BCUT2D eigenvalue weighted by Gasteiger charge is 2.22. The highest BCUT2D eigenvalue weighted by Crippen LogP contribution is 2.25. The third-order valence-electron chi connectivity index (χ3n) is 4.98. The van der Waals surface area contributed by atoms with Crippen LogP contribution in [0.3, 0.4) is 0 Å². The summed E-state index contributed by atoms with van der Waals surface area (Å²) in [6.07, 6.45) is 0.788. The van der Waals surface area contributed by atoms with E-state index in [1.807, 2.05) is 59.2 Å². The minimum absolute atomic E-state index is 0.236. The number of hydrogen-bond acceptors (Lipinski definition) is 7. The van der Waals surface area contributed by atoms with Gasteiger partial charge in [0.15, 0.2) is 20.8 Å². The maximum atomic E-state index is 13.0. The molecule has 34 heavy (non-hydrogen) atoms. The molecule has 0 bridgehead atoms. The molecule has 1 aromatic heterocycles. The Balaban J connectivity index is 1.44. The molecule has 0 saturated heterocycles. The Morgan fingerprint density at radius 2 is 1.50 bits per heavy atom. The predicted molar refractivity (Wildman–Crippen MR) is 133 cm³/mol. The molecule has 0 radical (unpaired) electrons. The Labute approximate surface area is 203 Å². The van der Waals surface area contributed by atoms with E-state index in [1.165, 1.54) is 11.8 Å². The van der Waals surface area contributed by atoms with Gasteiger partial charge in [0.25, 0.3) is 0 Å². The van der Waals surface area contributed by atoms with Crippen LogP contribution in [0.4, 0.5) is 0 Å². The van der Waals surface area contributed by atoms with Crippen molar-refractivity contribution >= 4 is 21.6 Å². The molecule has 7 nitrogen and oxygen atoms in total. The lowest BCUT2D eigenvalue weighted by Crippen LogP contribution is -2.11. The number of sulfone groups is 1. The third kappa shape index (κ3) is 5.98. The summed E-state index contributed by atoms with van der Waals surface area (Å²) < 4.78 is 38.7.